The number of carbonyl (C=O) groups excluding carboxylic acids is 2. The molecule has 0 spiro atoms. The van der Waals surface area contributed by atoms with Gasteiger partial charge in [-0.05, 0) is 31.0 Å². The number of esters is 2. The predicted octanol–water partition coefficient (Wildman–Crippen LogP) is 6.76. The van der Waals surface area contributed by atoms with Crippen molar-refractivity contribution in [3.05, 3.63) is 86.0 Å². The van der Waals surface area contributed by atoms with Crippen molar-refractivity contribution in [3.8, 4) is 11.5 Å². The highest BCUT2D eigenvalue weighted by Gasteiger charge is 2.20. The lowest BCUT2D eigenvalue weighted by molar-refractivity contribution is -0.145. The molecule has 6 nitrogen and oxygen atoms in total. The maximum Gasteiger partial charge on any atom is 0.330 e. The fourth-order valence-electron chi connectivity index (χ4n) is 3.50. The topological polar surface area (TPSA) is 71.1 Å². The van der Waals surface area contributed by atoms with Crippen LogP contribution in [0.3, 0.4) is 0 Å². The maximum absolute atomic E-state index is 11.7. The number of carbonyl (C=O) groups is 2. The van der Waals surface area contributed by atoms with Gasteiger partial charge in [0.15, 0.2) is 0 Å². The minimum Gasteiger partial charge on any atom is -0.489 e. The van der Waals surface area contributed by atoms with Crippen LogP contribution in [0.2, 0.25) is 0 Å². The molecule has 0 fully saturated rings. The zero-order valence-corrected chi connectivity index (χ0v) is 22.0. The Labute approximate surface area is 222 Å². The summed E-state index contributed by atoms with van der Waals surface area (Å²) in [7, 11) is 0. The van der Waals surface area contributed by atoms with Gasteiger partial charge in [0.05, 0.1) is 4.90 Å². The molecule has 0 heterocycles. The van der Waals surface area contributed by atoms with Crippen LogP contribution in [-0.2, 0) is 19.1 Å². The zero-order valence-electron chi connectivity index (χ0n) is 21.2. The fourth-order valence-corrected chi connectivity index (χ4v) is 4.48. The van der Waals surface area contributed by atoms with Crippen LogP contribution in [0.1, 0.15) is 26.7 Å². The minimum atomic E-state index is -0.481. The SMILES string of the molecule is C=CC(=O)OC(CC)COc1cc(Sc2ccccc2)c(OCC(CC)OC(=O)C=C)c2ccccc12. The first-order valence-electron chi connectivity index (χ1n) is 12.2. The van der Waals surface area contributed by atoms with E-state index in [1.807, 2.05) is 74.5 Å². The van der Waals surface area contributed by atoms with Crippen LogP contribution < -0.4 is 9.47 Å². The van der Waals surface area contributed by atoms with E-state index in [4.69, 9.17) is 18.9 Å². The monoisotopic (exact) mass is 520 g/mol. The molecule has 2 atom stereocenters. The molecule has 37 heavy (non-hydrogen) atoms. The first-order valence-corrected chi connectivity index (χ1v) is 13.0. The quantitative estimate of drug-likeness (QED) is 0.172. The van der Waals surface area contributed by atoms with Gasteiger partial charge in [0.25, 0.3) is 0 Å². The summed E-state index contributed by atoms with van der Waals surface area (Å²) in [6, 6.07) is 19.7. The van der Waals surface area contributed by atoms with Crippen LogP contribution in [0.5, 0.6) is 11.5 Å². The molecule has 3 rings (SSSR count). The second-order valence-corrected chi connectivity index (χ2v) is 9.24. The van der Waals surface area contributed by atoms with E-state index < -0.39 is 24.1 Å². The summed E-state index contributed by atoms with van der Waals surface area (Å²) in [5, 5.41) is 1.72. The normalized spacial score (nSPS) is 12.3. The second-order valence-electron chi connectivity index (χ2n) is 8.13. The molecule has 0 aliphatic rings. The molecule has 2 unspecified atom stereocenters. The van der Waals surface area contributed by atoms with Crippen LogP contribution in [0.4, 0.5) is 0 Å². The van der Waals surface area contributed by atoms with E-state index in [0.29, 0.717) is 24.3 Å². The summed E-state index contributed by atoms with van der Waals surface area (Å²) in [6.07, 6.45) is 2.68. The highest BCUT2D eigenvalue weighted by atomic mass is 32.2. The Morgan fingerprint density at radius 1 is 0.811 bits per heavy atom. The highest BCUT2D eigenvalue weighted by Crippen LogP contribution is 2.44. The largest absolute Gasteiger partial charge is 0.489 e. The number of fused-ring (bicyclic) bond motifs is 1. The van der Waals surface area contributed by atoms with Crippen molar-refractivity contribution in [2.75, 3.05) is 13.2 Å². The van der Waals surface area contributed by atoms with Crippen molar-refractivity contribution in [3.63, 3.8) is 0 Å². The third-order valence-corrected chi connectivity index (χ3v) is 6.57. The molecule has 0 saturated heterocycles. The Balaban J connectivity index is 1.98. The van der Waals surface area contributed by atoms with Crippen molar-refractivity contribution in [2.45, 2.75) is 48.7 Å². The lowest BCUT2D eigenvalue weighted by Crippen LogP contribution is -2.24. The van der Waals surface area contributed by atoms with Gasteiger partial charge in [-0.1, -0.05) is 81.2 Å². The van der Waals surface area contributed by atoms with Gasteiger partial charge in [0, 0.05) is 27.8 Å². The summed E-state index contributed by atoms with van der Waals surface area (Å²) in [5.41, 5.74) is 0. The van der Waals surface area contributed by atoms with Gasteiger partial charge < -0.3 is 18.9 Å². The number of rotatable bonds is 14. The Hall–Kier alpha value is -3.71. The first kappa shape index (κ1) is 27.9. The van der Waals surface area contributed by atoms with Crippen molar-refractivity contribution >= 4 is 34.5 Å². The second kappa shape index (κ2) is 14.1. The molecule has 0 saturated carbocycles. The van der Waals surface area contributed by atoms with Gasteiger partial charge in [-0.2, -0.15) is 0 Å². The summed E-state index contributed by atoms with van der Waals surface area (Å²) in [6.45, 7) is 11.2. The lowest BCUT2D eigenvalue weighted by Gasteiger charge is -2.21. The van der Waals surface area contributed by atoms with Crippen molar-refractivity contribution in [1.82, 2.24) is 0 Å². The molecular weight excluding hydrogens is 488 g/mol. The summed E-state index contributed by atoms with van der Waals surface area (Å²) in [4.78, 5) is 25.3. The van der Waals surface area contributed by atoms with Crippen molar-refractivity contribution in [2.24, 2.45) is 0 Å². The van der Waals surface area contributed by atoms with E-state index >= 15 is 0 Å². The third-order valence-electron chi connectivity index (χ3n) is 5.54. The molecule has 0 bridgehead atoms. The molecule has 194 valence electrons. The zero-order chi connectivity index (χ0) is 26.6. The molecule has 7 heteroatoms. The van der Waals surface area contributed by atoms with Crippen LogP contribution in [0.15, 0.2) is 95.8 Å². The molecule has 0 aromatic heterocycles. The molecule has 0 aliphatic heterocycles. The number of ether oxygens (including phenoxy) is 4. The van der Waals surface area contributed by atoms with E-state index in [-0.39, 0.29) is 13.2 Å². The Morgan fingerprint density at radius 2 is 1.35 bits per heavy atom. The molecule has 0 N–H and O–H groups in total. The van der Waals surface area contributed by atoms with Crippen LogP contribution in [-0.4, -0.2) is 37.4 Å². The van der Waals surface area contributed by atoms with Gasteiger partial charge in [0.1, 0.15) is 36.9 Å². The van der Waals surface area contributed by atoms with E-state index in [2.05, 4.69) is 13.2 Å². The van der Waals surface area contributed by atoms with Gasteiger partial charge in [-0.3, -0.25) is 0 Å². The first-order chi connectivity index (χ1) is 18.0. The third kappa shape index (κ3) is 7.89. The van der Waals surface area contributed by atoms with Gasteiger partial charge in [-0.15, -0.1) is 0 Å². The predicted molar refractivity (Wildman–Crippen MR) is 146 cm³/mol. The van der Waals surface area contributed by atoms with Crippen molar-refractivity contribution in [1.29, 1.82) is 0 Å². The number of hydrogen-bond acceptors (Lipinski definition) is 7. The number of hydrogen-bond donors (Lipinski definition) is 0. The Bertz CT molecular complexity index is 1220. The van der Waals surface area contributed by atoms with Crippen LogP contribution in [0, 0.1) is 0 Å². The summed E-state index contributed by atoms with van der Waals surface area (Å²) < 4.78 is 23.3. The average Bonchev–Trinajstić information content (AvgIpc) is 2.94. The molecular formula is C30H32O6S. The summed E-state index contributed by atoms with van der Waals surface area (Å²) >= 11 is 1.55. The highest BCUT2D eigenvalue weighted by molar-refractivity contribution is 7.99. The van der Waals surface area contributed by atoms with E-state index in [1.165, 1.54) is 0 Å². The van der Waals surface area contributed by atoms with Gasteiger partial charge >= 0.3 is 11.9 Å². The van der Waals surface area contributed by atoms with E-state index in [9.17, 15) is 9.59 Å². The molecule has 0 aliphatic carbocycles. The fraction of sp³-hybridized carbons (Fsp3) is 0.267. The molecule has 0 radical (unpaired) electrons. The van der Waals surface area contributed by atoms with E-state index in [0.717, 1.165) is 32.7 Å². The Morgan fingerprint density at radius 3 is 1.92 bits per heavy atom. The standard InChI is InChI=1S/C30H32O6S/c1-5-21(35-28(31)7-3)19-33-26-18-27(37-23-14-10-9-11-15-23)30(25-17-13-12-16-24(25)26)34-20-22(6-2)36-29(32)8-4/h7-18,21-22H,3-6,19-20H2,1-2H3. The molecule has 0 amide bonds. The van der Waals surface area contributed by atoms with Crippen LogP contribution in [0.25, 0.3) is 10.8 Å². The van der Waals surface area contributed by atoms with Crippen LogP contribution >= 0.6 is 11.8 Å². The van der Waals surface area contributed by atoms with E-state index in [1.54, 1.807) is 11.8 Å². The smallest absolute Gasteiger partial charge is 0.330 e. The average molecular weight is 521 g/mol. The Kier molecular flexibility index (Phi) is 10.6. The number of benzene rings is 3. The van der Waals surface area contributed by atoms with Gasteiger partial charge in [-0.25, -0.2) is 9.59 Å². The molecule has 3 aromatic carbocycles. The van der Waals surface area contributed by atoms with Crippen molar-refractivity contribution < 1.29 is 28.5 Å². The minimum absolute atomic E-state index is 0.193. The lowest BCUT2D eigenvalue weighted by atomic mass is 10.1. The summed E-state index contributed by atoms with van der Waals surface area (Å²) in [5.74, 6) is 0.368. The molecule has 3 aromatic rings. The maximum atomic E-state index is 11.7. The van der Waals surface area contributed by atoms with Gasteiger partial charge in [0.2, 0.25) is 0 Å².